The van der Waals surface area contributed by atoms with E-state index in [-0.39, 0.29) is 68.5 Å². The van der Waals surface area contributed by atoms with Gasteiger partial charge in [-0.2, -0.15) is 5.57 Å². The van der Waals surface area contributed by atoms with E-state index in [0.717, 1.165) is 6.42 Å². The molecule has 0 N–H and O–H groups in total. The van der Waals surface area contributed by atoms with E-state index in [2.05, 4.69) is 73.7 Å². The van der Waals surface area contributed by atoms with Crippen molar-refractivity contribution in [1.82, 2.24) is 0 Å². The molecule has 5 heteroatoms. The van der Waals surface area contributed by atoms with Gasteiger partial charge in [-0.3, -0.25) is 0 Å². The van der Waals surface area contributed by atoms with Gasteiger partial charge in [0.25, 0.3) is 0 Å². The van der Waals surface area contributed by atoms with Gasteiger partial charge in [-0.1, -0.05) is 105 Å². The van der Waals surface area contributed by atoms with E-state index < -0.39 is 0 Å². The summed E-state index contributed by atoms with van der Waals surface area (Å²) in [6.45, 7) is 2.28. The van der Waals surface area contributed by atoms with Crippen molar-refractivity contribution < 1.29 is 58.9 Å². The molecule has 0 radical (unpaired) electrons. The summed E-state index contributed by atoms with van der Waals surface area (Å²) in [6.07, 6.45) is 11.2. The van der Waals surface area contributed by atoms with Crippen LogP contribution in [-0.2, 0) is 28.1 Å². The molecule has 3 rings (SSSR count). The van der Waals surface area contributed by atoms with E-state index in [0.29, 0.717) is 0 Å². The maximum Gasteiger partial charge on any atom is 4.00 e. The van der Waals surface area contributed by atoms with E-state index in [9.17, 15) is 0 Å². The number of unbranched alkanes of at least 4 members (excludes halogenated alkanes) is 2. The second kappa shape index (κ2) is 16.5. The Kier molecular flexibility index (Phi) is 17.6. The number of hydrogen-bond donors (Lipinski definition) is 0. The van der Waals surface area contributed by atoms with Gasteiger partial charge >= 0.3 is 21.7 Å². The number of halogens is 3. The molecule has 0 aliphatic heterocycles. The van der Waals surface area contributed by atoms with E-state index in [1.165, 1.54) is 43.2 Å². The molecular formula is C23H27Cl3SiTi. The molecule has 0 bridgehead atoms. The van der Waals surface area contributed by atoms with Crippen LogP contribution in [0.1, 0.15) is 44.6 Å². The van der Waals surface area contributed by atoms with Gasteiger partial charge in [-0.05, 0) is 21.5 Å². The summed E-state index contributed by atoms with van der Waals surface area (Å²) in [5.41, 5.74) is 4.45. The van der Waals surface area contributed by atoms with Gasteiger partial charge in [0.15, 0.2) is 0 Å². The normalized spacial score (nSPS) is 12.5. The van der Waals surface area contributed by atoms with Crippen LogP contribution < -0.4 is 42.4 Å². The Bertz CT molecular complexity index is 715. The average molecular weight is 486 g/mol. The maximum atomic E-state index is 3.80. The van der Waals surface area contributed by atoms with Crippen LogP contribution in [0.3, 0.4) is 0 Å². The largest absolute Gasteiger partial charge is 4.00 e. The number of benzene rings is 2. The maximum absolute atomic E-state index is 3.80. The van der Waals surface area contributed by atoms with Crippen LogP contribution >= 0.6 is 0 Å². The third kappa shape index (κ3) is 9.48. The summed E-state index contributed by atoms with van der Waals surface area (Å²) in [5.74, 6) is 0. The molecule has 0 saturated heterocycles. The molecule has 0 nitrogen and oxygen atoms in total. The van der Waals surface area contributed by atoms with Crippen LogP contribution in [0.25, 0.3) is 0 Å². The van der Waals surface area contributed by atoms with E-state index in [4.69, 9.17) is 0 Å². The Morgan fingerprint density at radius 2 is 1.46 bits per heavy atom. The molecule has 1 aliphatic rings. The van der Waals surface area contributed by atoms with Gasteiger partial charge in [-0.25, -0.2) is 16.8 Å². The molecule has 2 aromatic carbocycles. The quantitative estimate of drug-likeness (QED) is 0.202. The second-order valence-corrected chi connectivity index (χ2v) is 8.79. The minimum atomic E-state index is -0.362. The van der Waals surface area contributed by atoms with Crippen LogP contribution in [0.4, 0.5) is 0 Å². The van der Waals surface area contributed by atoms with E-state index in [1.54, 1.807) is 16.0 Å². The monoisotopic (exact) mass is 484 g/mol. The van der Waals surface area contributed by atoms with Crippen LogP contribution in [0, 0.1) is 6.08 Å². The Morgan fingerprint density at radius 1 is 0.857 bits per heavy atom. The second-order valence-electron chi connectivity index (χ2n) is 6.77. The fourth-order valence-corrected chi connectivity index (χ4v) is 5.28. The fraction of sp³-hybridized carbons (Fsp3) is 0.304. The third-order valence-electron chi connectivity index (χ3n) is 4.75. The van der Waals surface area contributed by atoms with Crippen LogP contribution in [-0.4, -0.2) is 9.52 Å². The van der Waals surface area contributed by atoms with Crippen LogP contribution in [0.2, 0.25) is 0 Å². The zero-order valence-corrected chi connectivity index (χ0v) is 21.6. The Labute approximate surface area is 206 Å². The van der Waals surface area contributed by atoms with Crippen molar-refractivity contribution in [1.29, 1.82) is 0 Å². The molecule has 28 heavy (non-hydrogen) atoms. The van der Waals surface area contributed by atoms with Gasteiger partial charge in [0.2, 0.25) is 0 Å². The molecule has 0 spiro atoms. The SMILES string of the molecule is CCCCCC1=[C-]C(Cc2ccccc2)=C([SiH2]c2ccccc2)C1.[Cl-].[Cl-].[Cl-].[Ti+4]. The first kappa shape index (κ1) is 29.9. The number of allylic oxidation sites excluding steroid dienone is 4. The van der Waals surface area contributed by atoms with Gasteiger partial charge < -0.3 is 37.2 Å². The third-order valence-corrected chi connectivity index (χ3v) is 6.73. The Morgan fingerprint density at radius 3 is 2.07 bits per heavy atom. The van der Waals surface area contributed by atoms with Crippen molar-refractivity contribution in [2.24, 2.45) is 0 Å². The minimum Gasteiger partial charge on any atom is -1.00 e. The minimum absolute atomic E-state index is 0. The van der Waals surface area contributed by atoms with Crippen molar-refractivity contribution in [2.45, 2.75) is 45.4 Å². The average Bonchev–Trinajstić information content (AvgIpc) is 2.98. The summed E-state index contributed by atoms with van der Waals surface area (Å²) in [5, 5.41) is 3.26. The van der Waals surface area contributed by atoms with E-state index >= 15 is 0 Å². The molecule has 0 fully saturated rings. The fourth-order valence-electron chi connectivity index (χ4n) is 3.43. The van der Waals surface area contributed by atoms with Gasteiger partial charge in [-0.15, -0.1) is 0 Å². The molecule has 0 saturated carbocycles. The first-order valence-corrected chi connectivity index (χ1v) is 10.7. The van der Waals surface area contributed by atoms with E-state index in [1.807, 2.05) is 0 Å². The predicted octanol–water partition coefficient (Wildman–Crippen LogP) is -4.30. The van der Waals surface area contributed by atoms with Crippen molar-refractivity contribution in [3.05, 3.63) is 88.6 Å². The molecule has 0 unspecified atom stereocenters. The predicted molar refractivity (Wildman–Crippen MR) is 107 cm³/mol. The first-order chi connectivity index (χ1) is 11.8. The molecular weight excluding hydrogens is 459 g/mol. The van der Waals surface area contributed by atoms with Gasteiger partial charge in [0.1, 0.15) is 0 Å². The Hall–Kier alpha value is -0.279. The van der Waals surface area contributed by atoms with Crippen molar-refractivity contribution in [2.75, 3.05) is 0 Å². The summed E-state index contributed by atoms with van der Waals surface area (Å²) in [6, 6.07) is 21.9. The summed E-state index contributed by atoms with van der Waals surface area (Å²) < 4.78 is 0. The standard InChI is InChI=1S/C23H27Si.3ClH.Ti/c1-2-3-6-13-20-17-21(16-19-11-7-4-8-12-19)23(18-20)24-22-14-9-5-10-15-22;;;;/h4-5,7-12,14-15H,2-3,6,13,16,18,24H2,1H3;3*1H;/q-1;;;;+4/p-3. The smallest absolute Gasteiger partial charge is 1.00 e. The molecule has 2 aromatic rings. The van der Waals surface area contributed by atoms with Gasteiger partial charge in [0, 0.05) is 0 Å². The van der Waals surface area contributed by atoms with Crippen molar-refractivity contribution in [3.63, 3.8) is 0 Å². The topological polar surface area (TPSA) is 0 Å². The van der Waals surface area contributed by atoms with Crippen LogP contribution in [0.5, 0.6) is 0 Å². The molecule has 0 aromatic heterocycles. The number of hydrogen-bond acceptors (Lipinski definition) is 0. The summed E-state index contributed by atoms with van der Waals surface area (Å²) in [4.78, 5) is 0. The summed E-state index contributed by atoms with van der Waals surface area (Å²) in [7, 11) is -0.362. The Balaban J connectivity index is 0. The summed E-state index contributed by atoms with van der Waals surface area (Å²) >= 11 is 0. The zero-order valence-electron chi connectivity index (χ0n) is 16.4. The van der Waals surface area contributed by atoms with Crippen LogP contribution in [0.15, 0.2) is 77.0 Å². The number of rotatable bonds is 8. The van der Waals surface area contributed by atoms with Crippen molar-refractivity contribution in [3.8, 4) is 0 Å². The molecule has 0 amide bonds. The first-order valence-electron chi connectivity index (χ1n) is 9.25. The molecule has 0 atom stereocenters. The molecule has 148 valence electrons. The molecule has 0 heterocycles. The molecule has 1 aliphatic carbocycles. The van der Waals surface area contributed by atoms with Gasteiger partial charge in [0.05, 0.1) is 0 Å². The van der Waals surface area contributed by atoms with Crippen molar-refractivity contribution >= 4 is 14.7 Å². The zero-order chi connectivity index (χ0) is 16.6.